The van der Waals surface area contributed by atoms with E-state index in [1.54, 1.807) is 12.1 Å². The summed E-state index contributed by atoms with van der Waals surface area (Å²) in [5, 5.41) is 3.15. The zero-order chi connectivity index (χ0) is 11.1. The van der Waals surface area contributed by atoms with E-state index in [1.165, 1.54) is 6.07 Å². The molecule has 1 atom stereocenters. The molecule has 1 nitrogen and oxygen atoms in total. The van der Waals surface area contributed by atoms with Crippen molar-refractivity contribution in [2.45, 2.75) is 25.8 Å². The number of hydrogen-bond donors (Lipinski definition) is 1. The number of nitrogens with one attached hydrogen (secondary N) is 1. The molecule has 1 aromatic rings. The highest BCUT2D eigenvalue weighted by molar-refractivity contribution is 5.18. The average molecular weight is 213 g/mol. The van der Waals surface area contributed by atoms with Gasteiger partial charge in [-0.15, -0.1) is 0 Å². The minimum absolute atomic E-state index is 0.170. The number of hydrogen-bond acceptors (Lipinski definition) is 1. The molecule has 0 fully saturated rings. The van der Waals surface area contributed by atoms with Gasteiger partial charge in [0, 0.05) is 6.04 Å². The summed E-state index contributed by atoms with van der Waals surface area (Å²) in [4.78, 5) is 0. The van der Waals surface area contributed by atoms with Gasteiger partial charge in [0.2, 0.25) is 0 Å². The molecule has 3 heteroatoms. The van der Waals surface area contributed by atoms with Gasteiger partial charge < -0.3 is 5.32 Å². The third kappa shape index (κ3) is 4.38. The highest BCUT2D eigenvalue weighted by Crippen LogP contribution is 2.08. The van der Waals surface area contributed by atoms with E-state index < -0.39 is 0 Å². The lowest BCUT2D eigenvalue weighted by Gasteiger charge is -2.13. The molecule has 1 unspecified atom stereocenters. The molecule has 1 N–H and O–H groups in total. The largest absolute Gasteiger partial charge is 0.314 e. The Labute approximate surface area is 89.5 Å². The van der Waals surface area contributed by atoms with Gasteiger partial charge in [-0.05, 0) is 37.9 Å². The molecule has 0 aromatic heterocycles. The third-order valence-electron chi connectivity index (χ3n) is 2.29. The van der Waals surface area contributed by atoms with Crippen LogP contribution >= 0.6 is 0 Å². The standard InChI is InChI=1S/C12H17F2N/c1-10(15-8-4-7-13)9-11-5-2-3-6-12(11)14/h2-3,5-6,10,15H,4,7-9H2,1H3. The van der Waals surface area contributed by atoms with Crippen LogP contribution in [-0.4, -0.2) is 19.3 Å². The third-order valence-corrected chi connectivity index (χ3v) is 2.29. The van der Waals surface area contributed by atoms with Crippen LogP contribution in [0.1, 0.15) is 18.9 Å². The minimum Gasteiger partial charge on any atom is -0.314 e. The monoisotopic (exact) mass is 213 g/mol. The van der Waals surface area contributed by atoms with Crippen LogP contribution in [0, 0.1) is 5.82 Å². The van der Waals surface area contributed by atoms with Crippen molar-refractivity contribution in [3.8, 4) is 0 Å². The van der Waals surface area contributed by atoms with E-state index in [0.29, 0.717) is 24.9 Å². The molecule has 0 aliphatic carbocycles. The zero-order valence-corrected chi connectivity index (χ0v) is 8.97. The number of benzene rings is 1. The average Bonchev–Trinajstić information content (AvgIpc) is 2.22. The maximum atomic E-state index is 13.3. The summed E-state index contributed by atoms with van der Waals surface area (Å²) in [6.45, 7) is 2.32. The molecule has 0 aliphatic heterocycles. The molecular formula is C12H17F2N. The molecule has 0 saturated carbocycles. The van der Waals surface area contributed by atoms with Gasteiger partial charge in [-0.1, -0.05) is 18.2 Å². The van der Waals surface area contributed by atoms with E-state index in [1.807, 2.05) is 13.0 Å². The van der Waals surface area contributed by atoms with Crippen molar-refractivity contribution < 1.29 is 8.78 Å². The normalized spacial score (nSPS) is 12.7. The van der Waals surface area contributed by atoms with Gasteiger partial charge in [-0.25, -0.2) is 4.39 Å². The first-order valence-corrected chi connectivity index (χ1v) is 5.26. The van der Waals surface area contributed by atoms with Crippen molar-refractivity contribution in [2.24, 2.45) is 0 Å². The van der Waals surface area contributed by atoms with Crippen LogP contribution < -0.4 is 5.32 Å². The summed E-state index contributed by atoms with van der Waals surface area (Å²) in [7, 11) is 0. The van der Waals surface area contributed by atoms with Crippen LogP contribution in [0.3, 0.4) is 0 Å². The van der Waals surface area contributed by atoms with Gasteiger partial charge in [-0.3, -0.25) is 4.39 Å². The summed E-state index contributed by atoms with van der Waals surface area (Å²) in [6, 6.07) is 6.92. The van der Waals surface area contributed by atoms with E-state index in [9.17, 15) is 8.78 Å². The molecule has 0 bridgehead atoms. The van der Waals surface area contributed by atoms with Crippen molar-refractivity contribution in [2.75, 3.05) is 13.2 Å². The molecular weight excluding hydrogens is 196 g/mol. The molecule has 15 heavy (non-hydrogen) atoms. The van der Waals surface area contributed by atoms with Gasteiger partial charge in [-0.2, -0.15) is 0 Å². The first-order valence-electron chi connectivity index (χ1n) is 5.26. The first kappa shape index (κ1) is 12.1. The zero-order valence-electron chi connectivity index (χ0n) is 8.97. The Hall–Kier alpha value is -0.960. The summed E-state index contributed by atoms with van der Waals surface area (Å²) in [5.74, 6) is -0.170. The fourth-order valence-electron chi connectivity index (χ4n) is 1.48. The maximum absolute atomic E-state index is 13.3. The smallest absolute Gasteiger partial charge is 0.126 e. The fraction of sp³-hybridized carbons (Fsp3) is 0.500. The van der Waals surface area contributed by atoms with E-state index in [-0.39, 0.29) is 18.5 Å². The Morgan fingerprint density at radius 1 is 1.33 bits per heavy atom. The molecule has 0 saturated heterocycles. The predicted molar refractivity (Wildman–Crippen MR) is 58.2 cm³/mol. The first-order chi connectivity index (χ1) is 7.24. The molecule has 0 aliphatic rings. The molecule has 0 radical (unpaired) electrons. The molecule has 0 spiro atoms. The van der Waals surface area contributed by atoms with Gasteiger partial charge >= 0.3 is 0 Å². The van der Waals surface area contributed by atoms with Gasteiger partial charge in [0.25, 0.3) is 0 Å². The summed E-state index contributed by atoms with van der Waals surface area (Å²) in [5.41, 5.74) is 0.706. The second kappa shape index (κ2) is 6.51. The van der Waals surface area contributed by atoms with Gasteiger partial charge in [0.05, 0.1) is 6.67 Å². The van der Waals surface area contributed by atoms with Crippen molar-refractivity contribution in [1.82, 2.24) is 5.32 Å². The molecule has 0 heterocycles. The van der Waals surface area contributed by atoms with Crippen molar-refractivity contribution in [1.29, 1.82) is 0 Å². The van der Waals surface area contributed by atoms with Crippen molar-refractivity contribution >= 4 is 0 Å². The van der Waals surface area contributed by atoms with Crippen LogP contribution in [-0.2, 0) is 6.42 Å². The maximum Gasteiger partial charge on any atom is 0.126 e. The second-order valence-electron chi connectivity index (χ2n) is 3.69. The Kier molecular flexibility index (Phi) is 5.26. The highest BCUT2D eigenvalue weighted by Gasteiger charge is 2.06. The van der Waals surface area contributed by atoms with Crippen LogP contribution in [0.15, 0.2) is 24.3 Å². The summed E-state index contributed by atoms with van der Waals surface area (Å²) in [6.07, 6.45) is 1.15. The SMILES string of the molecule is CC(Cc1ccccc1F)NCCCF. The lowest BCUT2D eigenvalue weighted by atomic mass is 10.1. The van der Waals surface area contributed by atoms with Crippen LogP contribution in [0.4, 0.5) is 8.78 Å². The Morgan fingerprint density at radius 3 is 2.73 bits per heavy atom. The molecule has 1 aromatic carbocycles. The lowest BCUT2D eigenvalue weighted by Crippen LogP contribution is -2.29. The van der Waals surface area contributed by atoms with E-state index in [4.69, 9.17) is 0 Å². The Morgan fingerprint density at radius 2 is 2.07 bits per heavy atom. The van der Waals surface area contributed by atoms with Crippen LogP contribution in [0.25, 0.3) is 0 Å². The lowest BCUT2D eigenvalue weighted by molar-refractivity contribution is 0.440. The highest BCUT2D eigenvalue weighted by atomic mass is 19.1. The number of halogens is 2. The van der Waals surface area contributed by atoms with Gasteiger partial charge in [0.1, 0.15) is 5.82 Å². The fourth-order valence-corrected chi connectivity index (χ4v) is 1.48. The Balaban J connectivity index is 2.37. The van der Waals surface area contributed by atoms with Crippen LogP contribution in [0.2, 0.25) is 0 Å². The van der Waals surface area contributed by atoms with E-state index >= 15 is 0 Å². The topological polar surface area (TPSA) is 12.0 Å². The number of alkyl halides is 1. The van der Waals surface area contributed by atoms with E-state index in [0.717, 1.165) is 0 Å². The van der Waals surface area contributed by atoms with Gasteiger partial charge in [0.15, 0.2) is 0 Å². The quantitative estimate of drug-likeness (QED) is 0.716. The molecule has 1 rings (SSSR count). The van der Waals surface area contributed by atoms with Crippen LogP contribution in [0.5, 0.6) is 0 Å². The number of rotatable bonds is 6. The summed E-state index contributed by atoms with van der Waals surface area (Å²) >= 11 is 0. The second-order valence-corrected chi connectivity index (χ2v) is 3.69. The van der Waals surface area contributed by atoms with Crippen molar-refractivity contribution in [3.63, 3.8) is 0 Å². The predicted octanol–water partition coefficient (Wildman–Crippen LogP) is 2.71. The van der Waals surface area contributed by atoms with E-state index in [2.05, 4.69) is 5.32 Å². The van der Waals surface area contributed by atoms with Crippen molar-refractivity contribution in [3.05, 3.63) is 35.6 Å². The summed E-state index contributed by atoms with van der Waals surface area (Å²) < 4.78 is 25.1. The molecule has 0 amide bonds. The Bertz CT molecular complexity index is 289. The minimum atomic E-state index is -0.306. The molecule has 84 valence electrons.